The van der Waals surface area contributed by atoms with Gasteiger partial charge in [-0.25, -0.2) is 8.42 Å². The third-order valence-corrected chi connectivity index (χ3v) is 5.54. The number of halogens is 3. The van der Waals surface area contributed by atoms with Gasteiger partial charge in [0.15, 0.2) is 0 Å². The van der Waals surface area contributed by atoms with Crippen LogP contribution < -0.4 is 4.72 Å². The zero-order chi connectivity index (χ0) is 20.5. The monoisotopic (exact) mass is 409 g/mol. The van der Waals surface area contributed by atoms with Gasteiger partial charge in [-0.3, -0.25) is 9.40 Å². The fraction of sp³-hybridized carbons (Fsp3) is 0.211. The van der Waals surface area contributed by atoms with Gasteiger partial charge in [-0.1, -0.05) is 24.3 Å². The second-order valence-electron chi connectivity index (χ2n) is 6.38. The highest BCUT2D eigenvalue weighted by molar-refractivity contribution is 7.92. The summed E-state index contributed by atoms with van der Waals surface area (Å²) in [4.78, 5) is -0.813. The van der Waals surface area contributed by atoms with Crippen molar-refractivity contribution in [3.05, 3.63) is 77.1 Å². The molecule has 0 aliphatic rings. The van der Waals surface area contributed by atoms with Crippen molar-refractivity contribution in [3.8, 4) is 0 Å². The molecule has 0 atom stereocenters. The quantitative estimate of drug-likeness (QED) is 0.681. The first-order valence-electron chi connectivity index (χ1n) is 8.35. The van der Waals surface area contributed by atoms with Crippen LogP contribution in [0.5, 0.6) is 0 Å². The minimum Gasteiger partial charge on any atom is -0.280 e. The Hall–Kier alpha value is -2.81. The number of hydrogen-bond donors (Lipinski definition) is 1. The summed E-state index contributed by atoms with van der Waals surface area (Å²) in [6.07, 6.45) is -4.78. The first kappa shape index (κ1) is 19.9. The molecule has 0 aliphatic carbocycles. The highest BCUT2D eigenvalue weighted by atomic mass is 32.2. The lowest BCUT2D eigenvalue weighted by molar-refractivity contribution is -0.139. The van der Waals surface area contributed by atoms with Crippen molar-refractivity contribution >= 4 is 15.7 Å². The van der Waals surface area contributed by atoms with Crippen molar-refractivity contribution in [2.45, 2.75) is 31.5 Å². The Morgan fingerprint density at radius 3 is 2.39 bits per heavy atom. The van der Waals surface area contributed by atoms with E-state index in [0.29, 0.717) is 6.54 Å². The van der Waals surface area contributed by atoms with Crippen LogP contribution in [0.4, 0.5) is 18.9 Å². The van der Waals surface area contributed by atoms with Gasteiger partial charge in [-0.05, 0) is 49.7 Å². The van der Waals surface area contributed by atoms with Crippen molar-refractivity contribution in [2.75, 3.05) is 4.72 Å². The van der Waals surface area contributed by atoms with Gasteiger partial charge in [-0.2, -0.15) is 18.3 Å². The maximum atomic E-state index is 13.2. The van der Waals surface area contributed by atoms with E-state index in [4.69, 9.17) is 0 Å². The van der Waals surface area contributed by atoms with Crippen LogP contribution in [0.25, 0.3) is 0 Å². The fourth-order valence-electron chi connectivity index (χ4n) is 2.89. The van der Waals surface area contributed by atoms with Gasteiger partial charge in [0.05, 0.1) is 22.7 Å². The second-order valence-corrected chi connectivity index (χ2v) is 8.04. The Morgan fingerprint density at radius 1 is 1.04 bits per heavy atom. The third-order valence-electron chi connectivity index (χ3n) is 4.10. The molecule has 148 valence electrons. The van der Waals surface area contributed by atoms with Gasteiger partial charge in [0, 0.05) is 11.4 Å². The standard InChI is InChI=1S/C19H18F3N3O2S/c1-13-10-14(2)25(23-13)12-15-6-5-7-16(11-15)24-28(26,27)18-9-4-3-8-17(18)19(20,21)22/h3-11,24H,12H2,1-2H3. The average Bonchev–Trinajstić information content (AvgIpc) is 2.91. The molecule has 3 aromatic rings. The highest BCUT2D eigenvalue weighted by Gasteiger charge is 2.36. The van der Waals surface area contributed by atoms with Crippen molar-refractivity contribution in [1.29, 1.82) is 0 Å². The molecule has 1 aromatic heterocycles. The van der Waals surface area contributed by atoms with Crippen LogP contribution >= 0.6 is 0 Å². The van der Waals surface area contributed by atoms with E-state index in [2.05, 4.69) is 9.82 Å². The molecule has 0 saturated heterocycles. The van der Waals surface area contributed by atoms with Crippen molar-refractivity contribution in [2.24, 2.45) is 0 Å². The van der Waals surface area contributed by atoms with E-state index in [1.165, 1.54) is 12.1 Å². The van der Waals surface area contributed by atoms with Crippen LogP contribution in [0.15, 0.2) is 59.5 Å². The molecule has 1 heterocycles. The molecule has 0 fully saturated rings. The van der Waals surface area contributed by atoms with Gasteiger partial charge in [0.2, 0.25) is 0 Å². The molecule has 9 heteroatoms. The summed E-state index contributed by atoms with van der Waals surface area (Å²) in [5.74, 6) is 0. The lowest BCUT2D eigenvalue weighted by Crippen LogP contribution is -2.19. The van der Waals surface area contributed by atoms with E-state index < -0.39 is 26.7 Å². The summed E-state index contributed by atoms with van der Waals surface area (Å²) < 4.78 is 68.6. The fourth-order valence-corrected chi connectivity index (χ4v) is 4.16. The van der Waals surface area contributed by atoms with E-state index in [1.54, 1.807) is 22.9 Å². The maximum Gasteiger partial charge on any atom is 0.417 e. The lowest BCUT2D eigenvalue weighted by Gasteiger charge is -2.15. The van der Waals surface area contributed by atoms with Crippen molar-refractivity contribution < 1.29 is 21.6 Å². The number of aryl methyl sites for hydroxylation is 2. The van der Waals surface area contributed by atoms with Gasteiger partial charge in [-0.15, -0.1) is 0 Å². The number of benzene rings is 2. The van der Waals surface area contributed by atoms with Gasteiger partial charge in [0.1, 0.15) is 0 Å². The number of alkyl halides is 3. The molecule has 28 heavy (non-hydrogen) atoms. The predicted molar refractivity (Wildman–Crippen MR) is 99.5 cm³/mol. The van der Waals surface area contributed by atoms with Gasteiger partial charge < -0.3 is 0 Å². The van der Waals surface area contributed by atoms with Crippen LogP contribution in [-0.4, -0.2) is 18.2 Å². The number of nitrogens with one attached hydrogen (secondary N) is 1. The molecule has 0 bridgehead atoms. The first-order chi connectivity index (χ1) is 13.1. The third kappa shape index (κ3) is 4.36. The Bertz CT molecular complexity index is 1110. The van der Waals surface area contributed by atoms with Crippen LogP contribution in [0.3, 0.4) is 0 Å². The van der Waals surface area contributed by atoms with E-state index in [0.717, 1.165) is 35.2 Å². The number of hydrogen-bond acceptors (Lipinski definition) is 3. The van der Waals surface area contributed by atoms with Crippen LogP contribution in [0, 0.1) is 13.8 Å². The lowest BCUT2D eigenvalue weighted by atomic mass is 10.2. The Morgan fingerprint density at radius 2 is 1.75 bits per heavy atom. The summed E-state index contributed by atoms with van der Waals surface area (Å²) >= 11 is 0. The summed E-state index contributed by atoms with van der Waals surface area (Å²) in [7, 11) is -4.41. The summed E-state index contributed by atoms with van der Waals surface area (Å²) in [6.45, 7) is 4.18. The molecule has 1 N–H and O–H groups in total. The number of rotatable bonds is 5. The topological polar surface area (TPSA) is 64.0 Å². The maximum absolute atomic E-state index is 13.2. The summed E-state index contributed by atoms with van der Waals surface area (Å²) in [5.41, 5.74) is 1.54. The Labute approximate surface area is 160 Å². The number of aromatic nitrogens is 2. The molecule has 2 aromatic carbocycles. The predicted octanol–water partition coefficient (Wildman–Crippen LogP) is 4.37. The van der Waals surface area contributed by atoms with Crippen LogP contribution in [0.2, 0.25) is 0 Å². The summed E-state index contributed by atoms with van der Waals surface area (Å²) in [5, 5.41) is 4.35. The average molecular weight is 409 g/mol. The number of sulfonamides is 1. The van der Waals surface area contributed by atoms with E-state index in [9.17, 15) is 21.6 Å². The zero-order valence-corrected chi connectivity index (χ0v) is 16.0. The molecular formula is C19H18F3N3O2S. The normalized spacial score (nSPS) is 12.2. The summed E-state index contributed by atoms with van der Waals surface area (Å²) in [6, 6.07) is 12.5. The van der Waals surface area contributed by atoms with Crippen molar-refractivity contribution in [1.82, 2.24) is 9.78 Å². The molecule has 0 amide bonds. The molecular weight excluding hydrogens is 391 g/mol. The second kappa shape index (κ2) is 7.31. The SMILES string of the molecule is Cc1cc(C)n(Cc2cccc(NS(=O)(=O)c3ccccc3C(F)(F)F)c2)n1. The Balaban J connectivity index is 1.89. The van der Waals surface area contributed by atoms with E-state index in [1.807, 2.05) is 19.9 Å². The molecule has 0 aliphatic heterocycles. The van der Waals surface area contributed by atoms with Crippen molar-refractivity contribution in [3.63, 3.8) is 0 Å². The largest absolute Gasteiger partial charge is 0.417 e. The van der Waals surface area contributed by atoms with E-state index in [-0.39, 0.29) is 5.69 Å². The van der Waals surface area contributed by atoms with E-state index >= 15 is 0 Å². The molecule has 0 unspecified atom stereocenters. The first-order valence-corrected chi connectivity index (χ1v) is 9.83. The van der Waals surface area contributed by atoms with Crippen LogP contribution in [0.1, 0.15) is 22.5 Å². The minimum atomic E-state index is -4.78. The van der Waals surface area contributed by atoms with Crippen LogP contribution in [-0.2, 0) is 22.7 Å². The van der Waals surface area contributed by atoms with Gasteiger partial charge >= 0.3 is 6.18 Å². The highest BCUT2D eigenvalue weighted by Crippen LogP contribution is 2.34. The molecule has 0 spiro atoms. The molecule has 0 radical (unpaired) electrons. The molecule has 5 nitrogen and oxygen atoms in total. The number of nitrogens with zero attached hydrogens (tertiary/aromatic N) is 2. The molecule has 0 saturated carbocycles. The smallest absolute Gasteiger partial charge is 0.280 e. The molecule has 3 rings (SSSR count). The minimum absolute atomic E-state index is 0.177. The zero-order valence-electron chi connectivity index (χ0n) is 15.2. The Kier molecular flexibility index (Phi) is 5.20. The van der Waals surface area contributed by atoms with Gasteiger partial charge in [0.25, 0.3) is 10.0 Å². The number of anilines is 1.